The maximum atomic E-state index is 13.7. The summed E-state index contributed by atoms with van der Waals surface area (Å²) in [4.78, 5) is 121. The van der Waals surface area contributed by atoms with Crippen LogP contribution in [-0.4, -0.2) is 115 Å². The molecule has 10 rings (SSSR count). The number of H-pyrrole nitrogens is 4. The quantitative estimate of drug-likeness (QED) is 0.0157. The number of fused-ring (bicyclic) bond motifs is 16. The standard InChI is InChI=1S/C118H170N8O12/c1-13-25-43-83(19-7)77-133-111(127)55-37-31-49-89-95-61-65-99(119-95)91(51-33-39-57-113(129)135-79-85(21-9)45-27-15-3)103-69-73-107(123-103)117(108-74-70-104(124-108)92(100-66-62-96(89)120-100)52-34-40-58-114(130)136-80-86(22-10)46-28-16-4)118-109-75-71-105(125-109)93(53-35-41-59-115(131)137-81-87(23-11)47-29-17-5)101-67-63-97(121-101)90(50-32-38-56-112(128)134-78-84(20-8)44-26-14-2)98-64-68-102(122-98)94(106-72-76-110(118)126-106)54-36-42-60-116(132)138-82-88(24-12)48-30-18-6/h61-76,83-88,119,121,124,126H,13-60,77-82H2,1-12H3. The van der Waals surface area contributed by atoms with Crippen LogP contribution in [0, 0.1) is 35.5 Å². The molecule has 138 heavy (non-hydrogen) atoms. The number of aromatic nitrogens is 8. The number of aryl methyl sites for hydroxylation is 6. The van der Waals surface area contributed by atoms with Gasteiger partial charge in [-0.15, -0.1) is 0 Å². The molecule has 10 heterocycles. The van der Waals surface area contributed by atoms with Crippen LogP contribution in [0.4, 0.5) is 0 Å². The first-order valence-corrected chi connectivity index (χ1v) is 54.6. The summed E-state index contributed by atoms with van der Waals surface area (Å²) < 4.78 is 35.9. The Morgan fingerprint density at radius 1 is 0.217 bits per heavy atom. The van der Waals surface area contributed by atoms with E-state index in [0.29, 0.717) is 215 Å². The third-order valence-electron chi connectivity index (χ3n) is 28.9. The minimum Gasteiger partial charge on any atom is -0.465 e. The maximum absolute atomic E-state index is 13.7. The number of ether oxygens (including phenoxy) is 6. The molecule has 6 aromatic rings. The van der Waals surface area contributed by atoms with Crippen molar-refractivity contribution in [3.63, 3.8) is 0 Å². The second-order valence-electron chi connectivity index (χ2n) is 39.5. The first kappa shape index (κ1) is 110. The lowest BCUT2D eigenvalue weighted by molar-refractivity contribution is -0.146. The minimum absolute atomic E-state index is 0.166. The van der Waals surface area contributed by atoms with Crippen molar-refractivity contribution in [1.29, 1.82) is 0 Å². The Labute approximate surface area is 825 Å². The van der Waals surface area contributed by atoms with Crippen LogP contribution < -0.4 is 0 Å². The van der Waals surface area contributed by atoms with Crippen LogP contribution >= 0.6 is 0 Å². The zero-order valence-electron chi connectivity index (χ0n) is 86.6. The van der Waals surface area contributed by atoms with Crippen molar-refractivity contribution in [2.24, 2.45) is 35.5 Å². The van der Waals surface area contributed by atoms with Crippen molar-refractivity contribution < 1.29 is 57.2 Å². The monoisotopic (exact) mass is 1890 g/mol. The van der Waals surface area contributed by atoms with Crippen molar-refractivity contribution in [2.45, 2.75) is 391 Å². The zero-order chi connectivity index (χ0) is 98.2. The topological polar surface area (TPSA) is 273 Å². The zero-order valence-corrected chi connectivity index (χ0v) is 86.6. The summed E-state index contributed by atoms with van der Waals surface area (Å²) in [5.74, 6) is 0.970. The van der Waals surface area contributed by atoms with Gasteiger partial charge in [-0.25, -0.2) is 19.9 Å². The first-order chi connectivity index (χ1) is 67.4. The molecule has 0 saturated carbocycles. The SMILES string of the molecule is CCCCC(CC)COC(=O)CCCCc1c2nc(c(CCCCC(=O)OCC(CC)CCCC)c3ccc([nH]3)c(-c3c4nc(c(CCCCC(=O)OCC(CC)CCCC)c5ccc([nH]5)c(CCCCC(=O)OCC(CC)CCCC)c5nc(c(CCCCC(=O)OCC(CC)CCCC)c6ccc3[nH]6)C=C5)C=C4)c3nc(c(CCCCC(=O)OCC(CC)CCCC)c4ccc1[nH]4)C=C3)C=C2. The van der Waals surface area contributed by atoms with Crippen LogP contribution in [0.1, 0.15) is 432 Å². The Morgan fingerprint density at radius 3 is 0.551 bits per heavy atom. The second kappa shape index (κ2) is 60.9. The molecule has 4 aliphatic heterocycles. The van der Waals surface area contributed by atoms with Crippen molar-refractivity contribution >= 4 is 129 Å². The molecule has 0 radical (unpaired) electrons. The fraction of sp³-hybridized carbons (Fsp3) is 0.610. The second-order valence-corrected chi connectivity index (χ2v) is 39.5. The molecule has 0 spiro atoms. The highest BCUT2D eigenvalue weighted by atomic mass is 16.6. The summed E-state index contributed by atoms with van der Waals surface area (Å²) in [6.45, 7) is 28.8. The van der Waals surface area contributed by atoms with Crippen molar-refractivity contribution in [3.8, 4) is 11.1 Å². The molecule has 20 heteroatoms. The highest BCUT2D eigenvalue weighted by Crippen LogP contribution is 2.40. The summed E-state index contributed by atoms with van der Waals surface area (Å²) >= 11 is 0. The normalized spacial score (nSPS) is 13.5. The van der Waals surface area contributed by atoms with Crippen LogP contribution in [0.15, 0.2) is 48.5 Å². The van der Waals surface area contributed by atoms with Crippen LogP contribution in [0.2, 0.25) is 0 Å². The Morgan fingerprint density at radius 2 is 0.377 bits per heavy atom. The molecule has 754 valence electrons. The molecule has 6 atom stereocenters. The average Bonchev–Trinajstić information content (AvgIpc) is 1.65. The van der Waals surface area contributed by atoms with E-state index in [2.05, 4.69) is 200 Å². The molecule has 6 unspecified atom stereocenters. The number of unbranched alkanes of at least 4 members (excludes halogenated alkanes) is 12. The Hall–Kier alpha value is -9.98. The van der Waals surface area contributed by atoms with Gasteiger partial charge in [-0.1, -0.05) is 199 Å². The summed E-state index contributed by atoms with van der Waals surface area (Å²) in [6.07, 6.45) is 55.4. The van der Waals surface area contributed by atoms with Gasteiger partial charge in [0.15, 0.2) is 0 Å². The van der Waals surface area contributed by atoms with Crippen LogP contribution in [-0.2, 0) is 95.7 Å². The van der Waals surface area contributed by atoms with E-state index >= 15 is 0 Å². The van der Waals surface area contributed by atoms with E-state index in [4.69, 9.17) is 48.4 Å². The highest BCUT2D eigenvalue weighted by Gasteiger charge is 2.27. The predicted molar refractivity (Wildman–Crippen MR) is 568 cm³/mol. The van der Waals surface area contributed by atoms with Gasteiger partial charge in [-0.2, -0.15) is 0 Å². The number of rotatable bonds is 67. The van der Waals surface area contributed by atoms with Crippen molar-refractivity contribution in [1.82, 2.24) is 39.9 Å². The molecule has 4 aliphatic rings. The third-order valence-corrected chi connectivity index (χ3v) is 28.9. The lowest BCUT2D eigenvalue weighted by Gasteiger charge is -2.14. The molecule has 20 nitrogen and oxygen atoms in total. The third kappa shape index (κ3) is 34.8. The van der Waals surface area contributed by atoms with Gasteiger partial charge in [0.05, 0.1) is 85.2 Å². The number of hydrogen-bond acceptors (Lipinski definition) is 16. The molecular formula is C118H170N8O12. The molecule has 0 amide bonds. The number of aromatic amines is 4. The van der Waals surface area contributed by atoms with Gasteiger partial charge >= 0.3 is 35.8 Å². The van der Waals surface area contributed by atoms with E-state index in [1.807, 2.05) is 0 Å². The molecule has 4 N–H and O–H groups in total. The summed E-state index contributed by atoms with van der Waals surface area (Å²) in [5.41, 5.74) is 20.5. The largest absolute Gasteiger partial charge is 0.465 e. The van der Waals surface area contributed by atoms with Crippen LogP contribution in [0.25, 0.3) is 104 Å². The minimum atomic E-state index is -0.181. The fourth-order valence-electron chi connectivity index (χ4n) is 19.4. The smallest absolute Gasteiger partial charge is 0.305 e. The lowest BCUT2D eigenvalue weighted by Crippen LogP contribution is -2.13. The first-order valence-electron chi connectivity index (χ1n) is 54.6. The Balaban J connectivity index is 1.19. The number of hydrogen-bond donors (Lipinski definition) is 4. The molecule has 16 bridgehead atoms. The van der Waals surface area contributed by atoms with Gasteiger partial charge in [0.1, 0.15) is 0 Å². The Bertz CT molecular complexity index is 4920. The summed E-state index contributed by atoms with van der Waals surface area (Å²) in [7, 11) is 0. The van der Waals surface area contributed by atoms with E-state index in [1.54, 1.807) is 0 Å². The Kier molecular flexibility index (Phi) is 48.5. The number of carbonyl (C=O) groups is 6. The molecule has 0 aromatic carbocycles. The van der Waals surface area contributed by atoms with E-state index in [-0.39, 0.29) is 61.5 Å². The summed E-state index contributed by atoms with van der Waals surface area (Å²) in [5, 5.41) is 0. The van der Waals surface area contributed by atoms with Crippen LogP contribution in [0.3, 0.4) is 0 Å². The summed E-state index contributed by atoms with van der Waals surface area (Å²) in [6, 6.07) is 17.3. The average molecular weight is 1890 g/mol. The fourth-order valence-corrected chi connectivity index (χ4v) is 19.4. The van der Waals surface area contributed by atoms with E-state index in [1.165, 1.54) is 0 Å². The number of nitrogens with one attached hydrogen (secondary N) is 4. The van der Waals surface area contributed by atoms with E-state index in [9.17, 15) is 28.8 Å². The van der Waals surface area contributed by atoms with Gasteiger partial charge in [-0.3, -0.25) is 28.8 Å². The van der Waals surface area contributed by atoms with Crippen molar-refractivity contribution in [3.05, 3.63) is 127 Å². The number of carbonyl (C=O) groups excluding carboxylic acids is 6. The van der Waals surface area contributed by atoms with Gasteiger partial charge in [0, 0.05) is 127 Å². The molecule has 0 aliphatic carbocycles. The van der Waals surface area contributed by atoms with Crippen LogP contribution in [0.5, 0.6) is 0 Å². The van der Waals surface area contributed by atoms with Gasteiger partial charge < -0.3 is 48.4 Å². The van der Waals surface area contributed by atoms with E-state index in [0.717, 1.165) is 277 Å². The van der Waals surface area contributed by atoms with Gasteiger partial charge in [-0.05, 0) is 287 Å². The maximum Gasteiger partial charge on any atom is 0.305 e. The molecule has 6 aromatic heterocycles. The molecule has 0 fully saturated rings. The predicted octanol–water partition coefficient (Wildman–Crippen LogP) is 30.1. The van der Waals surface area contributed by atoms with Gasteiger partial charge in [0.25, 0.3) is 0 Å². The number of nitrogens with zero attached hydrogens (tertiary/aromatic N) is 4. The van der Waals surface area contributed by atoms with E-state index < -0.39 is 0 Å². The molecular weight excluding hydrogens is 1720 g/mol. The number of esters is 6. The lowest BCUT2D eigenvalue weighted by atomic mass is 10.0. The highest BCUT2D eigenvalue weighted by molar-refractivity contribution is 6.01. The van der Waals surface area contributed by atoms with Gasteiger partial charge in [0.2, 0.25) is 0 Å². The van der Waals surface area contributed by atoms with Crippen molar-refractivity contribution in [2.75, 3.05) is 39.6 Å². The molecule has 0 saturated heterocycles.